The fraction of sp³-hybridized carbons (Fsp3) is 0.182. The fourth-order valence-electron chi connectivity index (χ4n) is 1.54. The van der Waals surface area contributed by atoms with E-state index in [-0.39, 0.29) is 5.01 Å². The Bertz CT molecular complexity index is 758. The third-order valence-corrected chi connectivity index (χ3v) is 4.94. The van der Waals surface area contributed by atoms with Gasteiger partial charge in [0.1, 0.15) is 33.6 Å². The average Bonchev–Trinajstić information content (AvgIpc) is 2.83. The van der Waals surface area contributed by atoms with Crippen molar-refractivity contribution in [2.24, 2.45) is 0 Å². The number of carbonyl (C=O) groups excluding carboxylic acids is 1. The molecule has 0 N–H and O–H groups in total. The van der Waals surface area contributed by atoms with Gasteiger partial charge >= 0.3 is 0 Å². The quantitative estimate of drug-likeness (QED) is 0.806. The Morgan fingerprint density at radius 1 is 1.30 bits per heavy atom. The van der Waals surface area contributed by atoms with Crippen LogP contribution in [-0.2, 0) is 15.6 Å². The topological polar surface area (TPSA) is 77.0 Å². The van der Waals surface area contributed by atoms with E-state index in [4.69, 9.17) is 0 Å². The van der Waals surface area contributed by atoms with Crippen LogP contribution in [-0.4, -0.2) is 23.6 Å². The first-order valence-corrected chi connectivity index (χ1v) is 7.72. The minimum absolute atomic E-state index is 0.167. The minimum atomic E-state index is -4.10. The van der Waals surface area contributed by atoms with Crippen molar-refractivity contribution in [2.75, 3.05) is 0 Å². The summed E-state index contributed by atoms with van der Waals surface area (Å²) in [6.45, 7) is 1.06. The molecule has 0 aliphatic rings. The zero-order valence-corrected chi connectivity index (χ0v) is 11.8. The van der Waals surface area contributed by atoms with Crippen LogP contribution in [0.25, 0.3) is 0 Å². The molecular weight excluding hydrogens is 310 g/mol. The molecule has 0 bridgehead atoms. The number of benzene rings is 1. The number of hydrogen-bond donors (Lipinski definition) is 0. The molecule has 0 saturated heterocycles. The van der Waals surface area contributed by atoms with Crippen LogP contribution in [0, 0.1) is 11.6 Å². The molecule has 2 aromatic rings. The normalized spacial score (nSPS) is 11.6. The van der Waals surface area contributed by atoms with Crippen molar-refractivity contribution < 1.29 is 22.0 Å². The molecule has 1 aromatic heterocycles. The summed E-state index contributed by atoms with van der Waals surface area (Å²) in [6, 6.07) is 1.10. The summed E-state index contributed by atoms with van der Waals surface area (Å²) in [5.74, 6) is -3.50. The van der Waals surface area contributed by atoms with Gasteiger partial charge in [-0.3, -0.25) is 4.79 Å². The highest BCUT2D eigenvalue weighted by molar-refractivity contribution is 7.90. The standard InChI is InChI=1S/C11H8F2N2O3S2/c1-6(16)7-2-9(13)10(3-8(7)12)20(17,18)4-11-14-5-15-19-11/h2-3,5H,4H2,1H3. The zero-order valence-electron chi connectivity index (χ0n) is 10.1. The van der Waals surface area contributed by atoms with Crippen LogP contribution in [0.1, 0.15) is 22.3 Å². The number of rotatable bonds is 4. The molecule has 0 radical (unpaired) electrons. The summed E-state index contributed by atoms with van der Waals surface area (Å²) in [5.41, 5.74) is -0.489. The van der Waals surface area contributed by atoms with Crippen LogP contribution in [0.4, 0.5) is 8.78 Å². The number of sulfone groups is 1. The summed E-state index contributed by atoms with van der Waals surface area (Å²) in [6.07, 6.45) is 1.17. The van der Waals surface area contributed by atoms with E-state index in [0.29, 0.717) is 12.1 Å². The van der Waals surface area contributed by atoms with Crippen LogP contribution in [0.5, 0.6) is 0 Å². The van der Waals surface area contributed by atoms with Gasteiger partial charge in [0, 0.05) is 0 Å². The van der Waals surface area contributed by atoms with E-state index in [0.717, 1.165) is 18.5 Å². The van der Waals surface area contributed by atoms with Gasteiger partial charge in [0.2, 0.25) is 0 Å². The molecule has 1 aromatic carbocycles. The minimum Gasteiger partial charge on any atom is -0.294 e. The van der Waals surface area contributed by atoms with E-state index in [2.05, 4.69) is 9.36 Å². The first kappa shape index (κ1) is 14.7. The van der Waals surface area contributed by atoms with Crippen molar-refractivity contribution in [3.05, 3.63) is 40.7 Å². The highest BCUT2D eigenvalue weighted by Gasteiger charge is 2.24. The van der Waals surface area contributed by atoms with Gasteiger partial charge in [0.15, 0.2) is 15.6 Å². The number of nitrogens with zero attached hydrogens (tertiary/aromatic N) is 2. The maximum absolute atomic E-state index is 13.8. The van der Waals surface area contributed by atoms with Crippen molar-refractivity contribution in [1.82, 2.24) is 9.36 Å². The second-order valence-electron chi connectivity index (χ2n) is 3.91. The molecular formula is C11H8F2N2O3S2. The lowest BCUT2D eigenvalue weighted by molar-refractivity contribution is 0.101. The van der Waals surface area contributed by atoms with Crippen molar-refractivity contribution in [3.8, 4) is 0 Å². The number of hydrogen-bond acceptors (Lipinski definition) is 6. The maximum Gasteiger partial charge on any atom is 0.187 e. The first-order valence-electron chi connectivity index (χ1n) is 5.29. The van der Waals surface area contributed by atoms with Crippen molar-refractivity contribution in [1.29, 1.82) is 0 Å². The van der Waals surface area contributed by atoms with Gasteiger partial charge in [-0.1, -0.05) is 0 Å². The molecule has 20 heavy (non-hydrogen) atoms. The molecule has 0 amide bonds. The summed E-state index contributed by atoms with van der Waals surface area (Å²) < 4.78 is 55.0. The van der Waals surface area contributed by atoms with E-state index >= 15 is 0 Å². The van der Waals surface area contributed by atoms with E-state index < -0.39 is 43.5 Å². The Hall–Kier alpha value is -1.74. The van der Waals surface area contributed by atoms with E-state index in [1.807, 2.05) is 0 Å². The largest absolute Gasteiger partial charge is 0.294 e. The molecule has 0 aliphatic heterocycles. The molecule has 106 valence electrons. The third-order valence-electron chi connectivity index (χ3n) is 2.46. The van der Waals surface area contributed by atoms with Gasteiger partial charge in [0.05, 0.1) is 5.56 Å². The molecule has 0 fully saturated rings. The van der Waals surface area contributed by atoms with Gasteiger partial charge in [-0.2, -0.15) is 4.37 Å². The van der Waals surface area contributed by atoms with E-state index in [1.165, 1.54) is 6.33 Å². The van der Waals surface area contributed by atoms with Crippen molar-refractivity contribution in [2.45, 2.75) is 17.6 Å². The molecule has 0 unspecified atom stereocenters. The van der Waals surface area contributed by atoms with Gasteiger partial charge in [-0.25, -0.2) is 22.2 Å². The number of Topliss-reactive ketones (excluding diaryl/α,β-unsaturated/α-hetero) is 1. The number of ketones is 1. The lowest BCUT2D eigenvalue weighted by atomic mass is 10.1. The first-order chi connectivity index (χ1) is 9.31. The molecule has 1 heterocycles. The molecule has 2 rings (SSSR count). The third kappa shape index (κ3) is 2.88. The Balaban J connectivity index is 2.47. The zero-order chi connectivity index (χ0) is 14.9. The van der Waals surface area contributed by atoms with E-state index in [9.17, 15) is 22.0 Å². The summed E-state index contributed by atoms with van der Waals surface area (Å²) in [4.78, 5) is 13.9. The predicted octanol–water partition coefficient (Wildman–Crippen LogP) is 1.99. The highest BCUT2D eigenvalue weighted by atomic mass is 32.2. The van der Waals surface area contributed by atoms with Crippen LogP contribution in [0.15, 0.2) is 23.4 Å². The lowest BCUT2D eigenvalue weighted by Crippen LogP contribution is -2.10. The lowest BCUT2D eigenvalue weighted by Gasteiger charge is -2.06. The van der Waals surface area contributed by atoms with Crippen LogP contribution in [0.3, 0.4) is 0 Å². The smallest absolute Gasteiger partial charge is 0.187 e. The Labute approximate surface area is 117 Å². The van der Waals surface area contributed by atoms with Gasteiger partial charge < -0.3 is 0 Å². The van der Waals surface area contributed by atoms with Gasteiger partial charge in [-0.15, -0.1) is 0 Å². The fourth-order valence-corrected chi connectivity index (χ4v) is 3.72. The predicted molar refractivity (Wildman–Crippen MR) is 67.2 cm³/mol. The Morgan fingerprint density at radius 3 is 2.55 bits per heavy atom. The maximum atomic E-state index is 13.8. The van der Waals surface area contributed by atoms with Crippen LogP contribution < -0.4 is 0 Å². The molecule has 0 spiro atoms. The molecule has 0 saturated carbocycles. The molecule has 5 nitrogen and oxygen atoms in total. The summed E-state index contributed by atoms with van der Waals surface area (Å²) in [5, 5.41) is 0.167. The Morgan fingerprint density at radius 2 is 2.00 bits per heavy atom. The molecule has 9 heteroatoms. The van der Waals surface area contributed by atoms with E-state index in [1.54, 1.807) is 0 Å². The summed E-state index contributed by atoms with van der Waals surface area (Å²) in [7, 11) is -4.10. The number of halogens is 2. The van der Waals surface area contributed by atoms with Gasteiger partial charge in [0.25, 0.3) is 0 Å². The second-order valence-corrected chi connectivity index (χ2v) is 6.74. The molecule has 0 atom stereocenters. The number of carbonyl (C=O) groups is 1. The second kappa shape index (κ2) is 5.33. The summed E-state index contributed by atoms with van der Waals surface area (Å²) >= 11 is 0.852. The monoisotopic (exact) mass is 318 g/mol. The van der Waals surface area contributed by atoms with Crippen LogP contribution >= 0.6 is 11.5 Å². The van der Waals surface area contributed by atoms with Crippen molar-refractivity contribution in [3.63, 3.8) is 0 Å². The van der Waals surface area contributed by atoms with Gasteiger partial charge in [-0.05, 0) is 30.6 Å². The Kier molecular flexibility index (Phi) is 3.91. The average molecular weight is 318 g/mol. The highest BCUT2D eigenvalue weighted by Crippen LogP contribution is 2.23. The van der Waals surface area contributed by atoms with Crippen LogP contribution in [0.2, 0.25) is 0 Å². The van der Waals surface area contributed by atoms with Crippen molar-refractivity contribution >= 4 is 27.2 Å². The number of aromatic nitrogens is 2. The SMILES string of the molecule is CC(=O)c1cc(F)c(S(=O)(=O)Cc2ncns2)cc1F. The molecule has 0 aliphatic carbocycles.